The first-order valence-electron chi connectivity index (χ1n) is 9.95. The highest BCUT2D eigenvalue weighted by molar-refractivity contribution is 5.99. The fourth-order valence-corrected chi connectivity index (χ4v) is 4.38. The molecule has 1 amide bonds. The Morgan fingerprint density at radius 2 is 1.93 bits per heavy atom. The summed E-state index contributed by atoms with van der Waals surface area (Å²) in [5.41, 5.74) is 2.58. The van der Waals surface area contributed by atoms with Crippen LogP contribution < -0.4 is 5.32 Å². The van der Waals surface area contributed by atoms with Gasteiger partial charge in [0.05, 0.1) is 7.11 Å². The van der Waals surface area contributed by atoms with Crippen LogP contribution >= 0.6 is 0 Å². The van der Waals surface area contributed by atoms with Crippen molar-refractivity contribution in [3.63, 3.8) is 0 Å². The Bertz CT molecular complexity index is 661. The summed E-state index contributed by atoms with van der Waals surface area (Å²) >= 11 is 0. The Kier molecular flexibility index (Phi) is 7.01. The van der Waals surface area contributed by atoms with Crippen LogP contribution in [0.25, 0.3) is 0 Å². The number of nitrogens with one attached hydrogen (secondary N) is 1. The minimum absolute atomic E-state index is 0.00523. The van der Waals surface area contributed by atoms with E-state index < -0.39 is 12.0 Å². The van der Waals surface area contributed by atoms with Gasteiger partial charge in [-0.2, -0.15) is 0 Å². The van der Waals surface area contributed by atoms with E-state index in [9.17, 15) is 14.4 Å². The van der Waals surface area contributed by atoms with Crippen molar-refractivity contribution in [2.24, 2.45) is 23.7 Å². The quantitative estimate of drug-likeness (QED) is 0.569. The summed E-state index contributed by atoms with van der Waals surface area (Å²) in [6.07, 6.45) is 3.69. The molecule has 0 aliphatic heterocycles. The van der Waals surface area contributed by atoms with Crippen LogP contribution in [0.3, 0.4) is 0 Å². The molecule has 5 heteroatoms. The van der Waals surface area contributed by atoms with E-state index in [0.29, 0.717) is 36.7 Å². The Morgan fingerprint density at radius 1 is 1.26 bits per heavy atom. The van der Waals surface area contributed by atoms with Crippen molar-refractivity contribution < 1.29 is 19.1 Å². The molecular formula is C22H33NO4. The second kappa shape index (κ2) is 8.85. The van der Waals surface area contributed by atoms with Crippen molar-refractivity contribution in [1.82, 2.24) is 5.32 Å². The molecule has 0 saturated heterocycles. The maximum Gasteiger partial charge on any atom is 0.328 e. The number of rotatable bonds is 6. The number of methoxy groups -OCH3 is 1. The maximum absolute atomic E-state index is 12.8. The van der Waals surface area contributed by atoms with Crippen LogP contribution in [-0.2, 0) is 19.1 Å². The van der Waals surface area contributed by atoms with E-state index in [-0.39, 0.29) is 23.5 Å². The Balaban J connectivity index is 2.12. The number of esters is 1. The van der Waals surface area contributed by atoms with Gasteiger partial charge in [0.2, 0.25) is 5.91 Å². The Hall–Kier alpha value is -1.91. The third-order valence-corrected chi connectivity index (χ3v) is 6.16. The van der Waals surface area contributed by atoms with Crippen molar-refractivity contribution >= 4 is 17.7 Å². The molecule has 2 unspecified atom stereocenters. The average molecular weight is 376 g/mol. The minimum atomic E-state index is -0.661. The summed E-state index contributed by atoms with van der Waals surface area (Å²) in [7, 11) is 1.33. The van der Waals surface area contributed by atoms with Gasteiger partial charge in [-0.25, -0.2) is 4.79 Å². The second-order valence-electron chi connectivity index (χ2n) is 8.54. The average Bonchev–Trinajstić information content (AvgIpc) is 2.79. The lowest BCUT2D eigenvalue weighted by Gasteiger charge is -2.22. The summed E-state index contributed by atoms with van der Waals surface area (Å²) in [5, 5.41) is 2.81. The van der Waals surface area contributed by atoms with Gasteiger partial charge in [-0.05, 0) is 61.9 Å². The molecule has 0 radical (unpaired) electrons. The standard InChI is InChI=1S/C22H33NO4/c1-12(2)9-19(22(26)27-6)23-21(25)14(4)16-8-7-13(3)17-11-20(24)15(5)18(17)10-16/h12-13,16-17,19H,4,7-11H2,1-3,5-6H3,(H,23,25)/t13?,16-,17?,19-/m0/s1. The Labute approximate surface area is 162 Å². The zero-order valence-electron chi connectivity index (χ0n) is 17.3. The van der Waals surface area contributed by atoms with Crippen LogP contribution in [0.4, 0.5) is 0 Å². The maximum atomic E-state index is 12.8. The lowest BCUT2D eigenvalue weighted by Crippen LogP contribution is -2.43. The molecule has 1 saturated carbocycles. The van der Waals surface area contributed by atoms with Gasteiger partial charge >= 0.3 is 5.97 Å². The first kappa shape index (κ1) is 21.4. The van der Waals surface area contributed by atoms with Gasteiger partial charge in [0.25, 0.3) is 0 Å². The van der Waals surface area contributed by atoms with E-state index in [2.05, 4.69) is 18.8 Å². The molecule has 0 aromatic heterocycles. The summed E-state index contributed by atoms with van der Waals surface area (Å²) in [6.45, 7) is 12.1. The second-order valence-corrected chi connectivity index (χ2v) is 8.54. The largest absolute Gasteiger partial charge is 0.467 e. The van der Waals surface area contributed by atoms with Crippen molar-refractivity contribution in [3.05, 3.63) is 23.3 Å². The van der Waals surface area contributed by atoms with Gasteiger partial charge < -0.3 is 10.1 Å². The summed E-state index contributed by atoms with van der Waals surface area (Å²) in [5.74, 6) is 0.516. The predicted molar refractivity (Wildman–Crippen MR) is 105 cm³/mol. The number of hydrogen-bond donors (Lipinski definition) is 1. The fraction of sp³-hybridized carbons (Fsp3) is 0.682. The molecule has 2 rings (SSSR count). The number of amides is 1. The van der Waals surface area contributed by atoms with Crippen LogP contribution in [-0.4, -0.2) is 30.8 Å². The van der Waals surface area contributed by atoms with Gasteiger partial charge in [-0.1, -0.05) is 32.9 Å². The highest BCUT2D eigenvalue weighted by atomic mass is 16.5. The van der Waals surface area contributed by atoms with Gasteiger partial charge in [-0.15, -0.1) is 0 Å². The number of fused-ring (bicyclic) bond motifs is 1. The third kappa shape index (κ3) is 4.88. The number of allylic oxidation sites excluding steroid dienone is 2. The van der Waals surface area contributed by atoms with Crippen LogP contribution in [0, 0.1) is 23.7 Å². The smallest absolute Gasteiger partial charge is 0.328 e. The van der Waals surface area contributed by atoms with Crippen LogP contribution in [0.5, 0.6) is 0 Å². The molecule has 0 spiro atoms. The summed E-state index contributed by atoms with van der Waals surface area (Å²) < 4.78 is 4.83. The number of hydrogen-bond acceptors (Lipinski definition) is 4. The molecule has 4 atom stereocenters. The van der Waals surface area contributed by atoms with Crippen LogP contribution in [0.2, 0.25) is 0 Å². The highest BCUT2D eigenvalue weighted by Crippen LogP contribution is 2.45. The zero-order valence-corrected chi connectivity index (χ0v) is 17.3. The third-order valence-electron chi connectivity index (χ3n) is 6.16. The molecule has 150 valence electrons. The summed E-state index contributed by atoms with van der Waals surface area (Å²) in [4.78, 5) is 36.9. The normalized spacial score (nSPS) is 26.4. The lowest BCUT2D eigenvalue weighted by molar-refractivity contribution is -0.145. The van der Waals surface area contributed by atoms with E-state index in [4.69, 9.17) is 4.74 Å². The van der Waals surface area contributed by atoms with Crippen LogP contribution in [0.1, 0.15) is 59.8 Å². The number of carbonyl (C=O) groups excluding carboxylic acids is 3. The van der Waals surface area contributed by atoms with E-state index in [0.717, 1.165) is 18.4 Å². The van der Waals surface area contributed by atoms with Gasteiger partial charge in [-0.3, -0.25) is 9.59 Å². The van der Waals surface area contributed by atoms with Crippen molar-refractivity contribution in [1.29, 1.82) is 0 Å². The molecular weight excluding hydrogens is 342 g/mol. The lowest BCUT2D eigenvalue weighted by atomic mass is 9.86. The summed E-state index contributed by atoms with van der Waals surface area (Å²) in [6, 6.07) is -0.661. The molecule has 27 heavy (non-hydrogen) atoms. The number of ether oxygens (including phenoxy) is 1. The highest BCUT2D eigenvalue weighted by Gasteiger charge is 2.38. The number of ketones is 1. The molecule has 0 bridgehead atoms. The molecule has 5 nitrogen and oxygen atoms in total. The van der Waals surface area contributed by atoms with Crippen molar-refractivity contribution in [2.75, 3.05) is 7.11 Å². The monoisotopic (exact) mass is 375 g/mol. The van der Waals surface area contributed by atoms with Crippen LogP contribution in [0.15, 0.2) is 23.3 Å². The topological polar surface area (TPSA) is 72.5 Å². The van der Waals surface area contributed by atoms with E-state index in [1.165, 1.54) is 12.7 Å². The molecule has 0 aromatic carbocycles. The van der Waals surface area contributed by atoms with Gasteiger partial charge in [0.15, 0.2) is 5.78 Å². The molecule has 2 aliphatic carbocycles. The van der Waals surface area contributed by atoms with Crippen molar-refractivity contribution in [2.45, 2.75) is 65.8 Å². The predicted octanol–water partition coefficient (Wildman–Crippen LogP) is 3.59. The zero-order chi connectivity index (χ0) is 20.3. The van der Waals surface area contributed by atoms with E-state index >= 15 is 0 Å². The SMILES string of the molecule is C=C(C(=O)N[C@@H](CC(C)C)C(=O)OC)[C@H]1CCC(C)C2CC(=O)C(C)=C2C1. The van der Waals surface area contributed by atoms with E-state index in [1.807, 2.05) is 20.8 Å². The van der Waals surface area contributed by atoms with Gasteiger partial charge in [0.1, 0.15) is 6.04 Å². The number of carbonyl (C=O) groups is 3. The molecule has 0 heterocycles. The molecule has 1 N–H and O–H groups in total. The first-order chi connectivity index (χ1) is 12.6. The minimum Gasteiger partial charge on any atom is -0.467 e. The first-order valence-corrected chi connectivity index (χ1v) is 9.95. The van der Waals surface area contributed by atoms with E-state index in [1.54, 1.807) is 0 Å². The molecule has 1 fully saturated rings. The Morgan fingerprint density at radius 3 is 2.52 bits per heavy atom. The molecule has 2 aliphatic rings. The molecule has 0 aromatic rings. The fourth-order valence-electron chi connectivity index (χ4n) is 4.38. The van der Waals surface area contributed by atoms with Crippen molar-refractivity contribution in [3.8, 4) is 0 Å². The number of Topliss-reactive ketones (excluding diaryl/α,β-unsaturated/α-hetero) is 1. The van der Waals surface area contributed by atoms with Gasteiger partial charge in [0, 0.05) is 12.0 Å².